The van der Waals surface area contributed by atoms with Crippen molar-refractivity contribution in [2.75, 3.05) is 0 Å². The van der Waals surface area contributed by atoms with Crippen molar-refractivity contribution in [2.24, 2.45) is 5.73 Å². The Morgan fingerprint density at radius 2 is 2.00 bits per heavy atom. The number of carbonyl (C=O) groups is 1. The molecule has 0 aliphatic heterocycles. The highest BCUT2D eigenvalue weighted by molar-refractivity contribution is 5.92. The SMILES string of the molecule is CC(C)(C)c1nccc2cccc(OC(N)=O)c12. The van der Waals surface area contributed by atoms with Crippen molar-refractivity contribution in [1.29, 1.82) is 0 Å². The molecule has 0 aliphatic carbocycles. The number of nitrogens with zero attached hydrogens (tertiary/aromatic N) is 1. The molecule has 0 fully saturated rings. The number of hydrogen-bond acceptors (Lipinski definition) is 3. The Bertz CT molecular complexity index is 595. The number of aromatic nitrogens is 1. The number of carbonyl (C=O) groups excluding carboxylic acids is 1. The fourth-order valence-corrected chi connectivity index (χ4v) is 1.96. The van der Waals surface area contributed by atoms with Crippen LogP contribution in [-0.2, 0) is 5.41 Å². The van der Waals surface area contributed by atoms with Gasteiger partial charge in [-0.1, -0.05) is 32.9 Å². The molecule has 0 spiro atoms. The van der Waals surface area contributed by atoms with Gasteiger partial charge in [0, 0.05) is 17.0 Å². The molecule has 94 valence electrons. The number of rotatable bonds is 1. The largest absolute Gasteiger partial charge is 0.410 e. The van der Waals surface area contributed by atoms with Gasteiger partial charge in [0.05, 0.1) is 5.69 Å². The maximum absolute atomic E-state index is 11.0. The van der Waals surface area contributed by atoms with E-state index in [2.05, 4.69) is 25.8 Å². The van der Waals surface area contributed by atoms with Crippen LogP contribution >= 0.6 is 0 Å². The van der Waals surface area contributed by atoms with Gasteiger partial charge >= 0.3 is 6.09 Å². The van der Waals surface area contributed by atoms with Crippen molar-refractivity contribution in [3.8, 4) is 5.75 Å². The van der Waals surface area contributed by atoms with Crippen LogP contribution < -0.4 is 10.5 Å². The van der Waals surface area contributed by atoms with Gasteiger partial charge in [-0.25, -0.2) is 4.79 Å². The van der Waals surface area contributed by atoms with E-state index in [4.69, 9.17) is 10.5 Å². The van der Waals surface area contributed by atoms with Crippen LogP contribution in [0, 0.1) is 0 Å². The summed E-state index contributed by atoms with van der Waals surface area (Å²) in [4.78, 5) is 15.4. The van der Waals surface area contributed by atoms with Crippen molar-refractivity contribution in [2.45, 2.75) is 26.2 Å². The zero-order valence-electron chi connectivity index (χ0n) is 10.7. The molecule has 4 nitrogen and oxygen atoms in total. The molecule has 2 N–H and O–H groups in total. The fraction of sp³-hybridized carbons (Fsp3) is 0.286. The van der Waals surface area contributed by atoms with Gasteiger partial charge in [-0.3, -0.25) is 4.98 Å². The molecule has 0 saturated heterocycles. The van der Waals surface area contributed by atoms with E-state index in [1.807, 2.05) is 18.2 Å². The molecule has 1 amide bonds. The van der Waals surface area contributed by atoms with Crippen LogP contribution in [0.25, 0.3) is 10.8 Å². The highest BCUT2D eigenvalue weighted by Crippen LogP contribution is 2.34. The molecule has 18 heavy (non-hydrogen) atoms. The molecule has 1 aromatic carbocycles. The maximum Gasteiger partial charge on any atom is 0.409 e. The molecule has 4 heteroatoms. The average Bonchev–Trinajstić information content (AvgIpc) is 2.26. The van der Waals surface area contributed by atoms with Crippen LogP contribution in [0.2, 0.25) is 0 Å². The maximum atomic E-state index is 11.0. The van der Waals surface area contributed by atoms with Crippen molar-refractivity contribution in [1.82, 2.24) is 4.98 Å². The van der Waals surface area contributed by atoms with Gasteiger partial charge in [0.15, 0.2) is 0 Å². The molecule has 1 aromatic heterocycles. The second kappa shape index (κ2) is 4.29. The first-order valence-corrected chi connectivity index (χ1v) is 5.75. The Morgan fingerprint density at radius 3 is 2.61 bits per heavy atom. The number of hydrogen-bond donors (Lipinski definition) is 1. The first-order valence-electron chi connectivity index (χ1n) is 5.75. The normalized spacial score (nSPS) is 11.5. The summed E-state index contributed by atoms with van der Waals surface area (Å²) >= 11 is 0. The van der Waals surface area contributed by atoms with E-state index in [1.54, 1.807) is 12.3 Å². The van der Waals surface area contributed by atoms with Crippen LogP contribution in [0.4, 0.5) is 4.79 Å². The third-order valence-corrected chi connectivity index (χ3v) is 2.67. The molecule has 1 heterocycles. The zero-order valence-corrected chi connectivity index (χ0v) is 10.7. The topological polar surface area (TPSA) is 65.2 Å². The standard InChI is InChI=1S/C14H16N2O2/c1-14(2,3)12-11-9(7-8-16-12)5-4-6-10(11)18-13(15)17/h4-8H,1-3H3,(H2,15,17). The lowest BCUT2D eigenvalue weighted by Crippen LogP contribution is -2.18. The summed E-state index contributed by atoms with van der Waals surface area (Å²) in [5, 5.41) is 1.82. The lowest BCUT2D eigenvalue weighted by atomic mass is 9.88. The first-order chi connectivity index (χ1) is 8.39. The van der Waals surface area contributed by atoms with Gasteiger partial charge in [-0.05, 0) is 17.5 Å². The summed E-state index contributed by atoms with van der Waals surface area (Å²) in [6.07, 6.45) is 0.947. The lowest BCUT2D eigenvalue weighted by Gasteiger charge is -2.20. The van der Waals surface area contributed by atoms with E-state index in [1.165, 1.54) is 0 Å². The molecule has 0 unspecified atom stereocenters. The summed E-state index contributed by atoms with van der Waals surface area (Å²) in [5.74, 6) is 0.457. The van der Waals surface area contributed by atoms with Crippen molar-refractivity contribution >= 4 is 16.9 Å². The van der Waals surface area contributed by atoms with Crippen LogP contribution in [0.5, 0.6) is 5.75 Å². The minimum absolute atomic E-state index is 0.142. The number of benzene rings is 1. The van der Waals surface area contributed by atoms with Crippen LogP contribution in [0.1, 0.15) is 26.5 Å². The number of pyridine rings is 1. The van der Waals surface area contributed by atoms with E-state index >= 15 is 0 Å². The smallest absolute Gasteiger partial charge is 0.409 e. The van der Waals surface area contributed by atoms with Crippen molar-refractivity contribution < 1.29 is 9.53 Å². The summed E-state index contributed by atoms with van der Waals surface area (Å²) < 4.78 is 5.06. The first kappa shape index (κ1) is 12.4. The Hall–Kier alpha value is -2.10. The van der Waals surface area contributed by atoms with E-state index in [0.29, 0.717) is 5.75 Å². The predicted molar refractivity (Wildman–Crippen MR) is 70.7 cm³/mol. The minimum Gasteiger partial charge on any atom is -0.410 e. The van der Waals surface area contributed by atoms with E-state index in [0.717, 1.165) is 16.5 Å². The Kier molecular flexibility index (Phi) is 2.95. The van der Waals surface area contributed by atoms with Gasteiger partial charge in [0.1, 0.15) is 5.75 Å². The molecule has 2 aromatic rings. The summed E-state index contributed by atoms with van der Waals surface area (Å²) in [6.45, 7) is 6.20. The number of ether oxygens (including phenoxy) is 1. The second-order valence-corrected chi connectivity index (χ2v) is 5.18. The average molecular weight is 244 g/mol. The Balaban J connectivity index is 2.76. The van der Waals surface area contributed by atoms with Gasteiger partial charge in [0.2, 0.25) is 0 Å². The summed E-state index contributed by atoms with van der Waals surface area (Å²) in [5.41, 5.74) is 5.84. The predicted octanol–water partition coefficient (Wildman–Crippen LogP) is 2.99. The monoisotopic (exact) mass is 244 g/mol. The minimum atomic E-state index is -0.814. The highest BCUT2D eigenvalue weighted by Gasteiger charge is 2.21. The van der Waals surface area contributed by atoms with E-state index in [-0.39, 0.29) is 5.41 Å². The van der Waals surface area contributed by atoms with E-state index in [9.17, 15) is 4.79 Å². The Morgan fingerprint density at radius 1 is 1.28 bits per heavy atom. The molecular formula is C14H16N2O2. The highest BCUT2D eigenvalue weighted by atomic mass is 16.5. The molecule has 2 rings (SSSR count). The second-order valence-electron chi connectivity index (χ2n) is 5.18. The van der Waals surface area contributed by atoms with Crippen LogP contribution in [-0.4, -0.2) is 11.1 Å². The van der Waals surface area contributed by atoms with Crippen LogP contribution in [0.15, 0.2) is 30.5 Å². The third kappa shape index (κ3) is 2.27. The van der Waals surface area contributed by atoms with Crippen molar-refractivity contribution in [3.63, 3.8) is 0 Å². The Labute approximate surface area is 106 Å². The lowest BCUT2D eigenvalue weighted by molar-refractivity contribution is 0.211. The van der Waals surface area contributed by atoms with Crippen LogP contribution in [0.3, 0.4) is 0 Å². The summed E-state index contributed by atoms with van der Waals surface area (Å²) in [6, 6.07) is 7.40. The van der Waals surface area contributed by atoms with Gasteiger partial charge in [0.25, 0.3) is 0 Å². The number of primary amides is 1. The molecule has 0 atom stereocenters. The third-order valence-electron chi connectivity index (χ3n) is 2.67. The molecule has 0 bridgehead atoms. The quantitative estimate of drug-likeness (QED) is 0.838. The number of fused-ring (bicyclic) bond motifs is 1. The molecule has 0 radical (unpaired) electrons. The fourth-order valence-electron chi connectivity index (χ4n) is 1.96. The molecule has 0 aliphatic rings. The van der Waals surface area contributed by atoms with Crippen molar-refractivity contribution in [3.05, 3.63) is 36.2 Å². The molecular weight excluding hydrogens is 228 g/mol. The number of nitrogens with two attached hydrogens (primary N) is 1. The zero-order chi connectivity index (χ0) is 13.3. The number of amides is 1. The summed E-state index contributed by atoms with van der Waals surface area (Å²) in [7, 11) is 0. The van der Waals surface area contributed by atoms with Gasteiger partial charge < -0.3 is 10.5 Å². The van der Waals surface area contributed by atoms with Gasteiger partial charge in [-0.15, -0.1) is 0 Å². The van der Waals surface area contributed by atoms with Gasteiger partial charge in [-0.2, -0.15) is 0 Å². The molecule has 0 saturated carbocycles. The van der Waals surface area contributed by atoms with E-state index < -0.39 is 6.09 Å².